The van der Waals surface area contributed by atoms with Gasteiger partial charge in [-0.1, -0.05) is 6.42 Å². The highest BCUT2D eigenvalue weighted by Crippen LogP contribution is 2.34. The van der Waals surface area contributed by atoms with Crippen LogP contribution in [0.5, 0.6) is 0 Å². The van der Waals surface area contributed by atoms with Gasteiger partial charge in [0.1, 0.15) is 0 Å². The molecule has 7 heteroatoms. The molecule has 3 unspecified atom stereocenters. The molecule has 2 fully saturated rings. The molecule has 1 heterocycles. The SMILES string of the molecule is CC1(O)CCCN(S(=O)(=O)C2CCCC2C(=O)O)CC1. The highest BCUT2D eigenvalue weighted by Gasteiger charge is 2.45. The highest BCUT2D eigenvalue weighted by molar-refractivity contribution is 7.89. The molecule has 1 saturated carbocycles. The van der Waals surface area contributed by atoms with Gasteiger partial charge in [-0.2, -0.15) is 0 Å². The molecule has 0 aromatic carbocycles. The Labute approximate surface area is 119 Å². The van der Waals surface area contributed by atoms with Gasteiger partial charge in [-0.3, -0.25) is 4.79 Å². The van der Waals surface area contributed by atoms with E-state index in [1.54, 1.807) is 6.92 Å². The Bertz CT molecular complexity index is 473. The minimum atomic E-state index is -3.59. The second-order valence-electron chi connectivity index (χ2n) is 6.21. The third-order valence-electron chi connectivity index (χ3n) is 4.53. The van der Waals surface area contributed by atoms with Crippen molar-refractivity contribution in [2.45, 2.75) is 56.3 Å². The molecule has 2 N–H and O–H groups in total. The van der Waals surface area contributed by atoms with E-state index in [-0.39, 0.29) is 6.54 Å². The van der Waals surface area contributed by atoms with Crippen LogP contribution in [0.3, 0.4) is 0 Å². The van der Waals surface area contributed by atoms with Gasteiger partial charge >= 0.3 is 5.97 Å². The molecule has 1 aliphatic heterocycles. The first-order chi connectivity index (χ1) is 9.24. The predicted molar refractivity (Wildman–Crippen MR) is 73.7 cm³/mol. The molecular formula is C13H23NO5S. The van der Waals surface area contributed by atoms with Crippen LogP contribution in [0.1, 0.15) is 45.4 Å². The average molecular weight is 305 g/mol. The molecule has 1 aliphatic carbocycles. The standard InChI is InChI=1S/C13H23NO5S/c1-13(17)6-3-8-14(9-7-13)20(18,19)11-5-2-4-10(11)12(15)16/h10-11,17H,2-9H2,1H3,(H,15,16). The smallest absolute Gasteiger partial charge is 0.307 e. The van der Waals surface area contributed by atoms with Crippen molar-refractivity contribution in [3.63, 3.8) is 0 Å². The van der Waals surface area contributed by atoms with E-state index in [2.05, 4.69) is 0 Å². The Balaban J connectivity index is 2.16. The van der Waals surface area contributed by atoms with Gasteiger partial charge in [0.15, 0.2) is 0 Å². The van der Waals surface area contributed by atoms with Crippen LogP contribution in [0.2, 0.25) is 0 Å². The molecule has 0 radical (unpaired) electrons. The average Bonchev–Trinajstić information content (AvgIpc) is 2.76. The second-order valence-corrected chi connectivity index (χ2v) is 8.36. The molecule has 3 atom stereocenters. The van der Waals surface area contributed by atoms with Crippen molar-refractivity contribution in [1.29, 1.82) is 0 Å². The summed E-state index contributed by atoms with van der Waals surface area (Å²) in [6, 6.07) is 0. The van der Waals surface area contributed by atoms with E-state index in [0.29, 0.717) is 45.1 Å². The monoisotopic (exact) mass is 305 g/mol. The van der Waals surface area contributed by atoms with Crippen LogP contribution in [0.25, 0.3) is 0 Å². The van der Waals surface area contributed by atoms with Crippen molar-refractivity contribution in [3.8, 4) is 0 Å². The number of carbonyl (C=O) groups is 1. The molecule has 0 aromatic heterocycles. The largest absolute Gasteiger partial charge is 0.481 e. The van der Waals surface area contributed by atoms with Gasteiger partial charge in [-0.05, 0) is 39.0 Å². The van der Waals surface area contributed by atoms with Crippen molar-refractivity contribution < 1.29 is 23.4 Å². The van der Waals surface area contributed by atoms with E-state index in [1.165, 1.54) is 4.31 Å². The van der Waals surface area contributed by atoms with Gasteiger partial charge in [0.05, 0.1) is 16.8 Å². The van der Waals surface area contributed by atoms with Crippen LogP contribution in [0.4, 0.5) is 0 Å². The van der Waals surface area contributed by atoms with Gasteiger partial charge < -0.3 is 10.2 Å². The normalized spacial score (nSPS) is 36.7. The maximum atomic E-state index is 12.6. The fourth-order valence-corrected chi connectivity index (χ4v) is 5.49. The topological polar surface area (TPSA) is 94.9 Å². The van der Waals surface area contributed by atoms with Gasteiger partial charge in [0.2, 0.25) is 10.0 Å². The maximum Gasteiger partial charge on any atom is 0.307 e. The van der Waals surface area contributed by atoms with E-state index in [4.69, 9.17) is 5.11 Å². The summed E-state index contributed by atoms with van der Waals surface area (Å²) >= 11 is 0. The molecule has 116 valence electrons. The van der Waals surface area contributed by atoms with Gasteiger partial charge in [-0.15, -0.1) is 0 Å². The minimum absolute atomic E-state index is 0.276. The molecule has 0 amide bonds. The molecular weight excluding hydrogens is 282 g/mol. The molecule has 2 aliphatic rings. The fraction of sp³-hybridized carbons (Fsp3) is 0.923. The number of carboxylic acids is 1. The van der Waals surface area contributed by atoms with Crippen molar-refractivity contribution in [2.75, 3.05) is 13.1 Å². The summed E-state index contributed by atoms with van der Waals surface area (Å²) in [6.45, 7) is 2.37. The molecule has 0 spiro atoms. The molecule has 0 bridgehead atoms. The van der Waals surface area contributed by atoms with E-state index >= 15 is 0 Å². The van der Waals surface area contributed by atoms with Crippen LogP contribution < -0.4 is 0 Å². The predicted octanol–water partition coefficient (Wildman–Crippen LogP) is 0.806. The summed E-state index contributed by atoms with van der Waals surface area (Å²) in [5.74, 6) is -1.80. The van der Waals surface area contributed by atoms with Gasteiger partial charge in [0, 0.05) is 13.1 Å². The number of aliphatic carboxylic acids is 1. The summed E-state index contributed by atoms with van der Waals surface area (Å²) < 4.78 is 26.7. The Morgan fingerprint density at radius 3 is 2.55 bits per heavy atom. The number of sulfonamides is 1. The number of hydrogen-bond donors (Lipinski definition) is 2. The first kappa shape index (κ1) is 15.7. The second kappa shape index (κ2) is 5.61. The fourth-order valence-electron chi connectivity index (χ4n) is 3.25. The molecule has 6 nitrogen and oxygen atoms in total. The summed E-state index contributed by atoms with van der Waals surface area (Å²) in [6.07, 6.45) is 3.09. The van der Waals surface area contributed by atoms with Crippen LogP contribution in [0.15, 0.2) is 0 Å². The quantitative estimate of drug-likeness (QED) is 0.804. The maximum absolute atomic E-state index is 12.6. The zero-order chi connectivity index (χ0) is 15.0. The summed E-state index contributed by atoms with van der Waals surface area (Å²) in [4.78, 5) is 11.2. The third kappa shape index (κ3) is 3.15. The summed E-state index contributed by atoms with van der Waals surface area (Å²) in [5, 5.41) is 18.4. The number of hydrogen-bond acceptors (Lipinski definition) is 4. The number of nitrogens with zero attached hydrogens (tertiary/aromatic N) is 1. The summed E-state index contributed by atoms with van der Waals surface area (Å²) in [5.41, 5.74) is -0.827. The first-order valence-corrected chi connectivity index (χ1v) is 8.68. The lowest BCUT2D eigenvalue weighted by molar-refractivity contribution is -0.141. The molecule has 20 heavy (non-hydrogen) atoms. The molecule has 1 saturated heterocycles. The van der Waals surface area contributed by atoms with Crippen LogP contribution in [0, 0.1) is 5.92 Å². The third-order valence-corrected chi connectivity index (χ3v) is 6.95. The van der Waals surface area contributed by atoms with Crippen molar-refractivity contribution in [2.24, 2.45) is 5.92 Å². The van der Waals surface area contributed by atoms with Crippen LogP contribution in [-0.2, 0) is 14.8 Å². The lowest BCUT2D eigenvalue weighted by Gasteiger charge is -2.26. The zero-order valence-electron chi connectivity index (χ0n) is 11.8. The Hall–Kier alpha value is -0.660. The molecule has 2 rings (SSSR count). The Morgan fingerprint density at radius 2 is 1.90 bits per heavy atom. The van der Waals surface area contributed by atoms with Gasteiger partial charge in [0.25, 0.3) is 0 Å². The molecule has 0 aromatic rings. The van der Waals surface area contributed by atoms with Crippen LogP contribution >= 0.6 is 0 Å². The van der Waals surface area contributed by atoms with E-state index < -0.39 is 32.8 Å². The van der Waals surface area contributed by atoms with Crippen molar-refractivity contribution >= 4 is 16.0 Å². The van der Waals surface area contributed by atoms with E-state index in [0.717, 1.165) is 0 Å². The van der Waals surface area contributed by atoms with E-state index in [1.807, 2.05) is 0 Å². The van der Waals surface area contributed by atoms with Crippen LogP contribution in [-0.4, -0.2) is 52.8 Å². The number of aliphatic hydroxyl groups is 1. The lowest BCUT2D eigenvalue weighted by Crippen LogP contribution is -2.43. The zero-order valence-corrected chi connectivity index (χ0v) is 12.6. The van der Waals surface area contributed by atoms with Gasteiger partial charge in [-0.25, -0.2) is 12.7 Å². The minimum Gasteiger partial charge on any atom is -0.481 e. The number of carboxylic acid groups (broad SMARTS) is 1. The number of rotatable bonds is 3. The Morgan fingerprint density at radius 1 is 1.20 bits per heavy atom. The highest BCUT2D eigenvalue weighted by atomic mass is 32.2. The lowest BCUT2D eigenvalue weighted by atomic mass is 9.98. The Kier molecular flexibility index (Phi) is 4.41. The van der Waals surface area contributed by atoms with Crippen molar-refractivity contribution in [1.82, 2.24) is 4.31 Å². The van der Waals surface area contributed by atoms with E-state index in [9.17, 15) is 18.3 Å². The first-order valence-electron chi connectivity index (χ1n) is 7.18. The summed E-state index contributed by atoms with van der Waals surface area (Å²) in [7, 11) is -3.59. The van der Waals surface area contributed by atoms with Crippen molar-refractivity contribution in [3.05, 3.63) is 0 Å².